The van der Waals surface area contributed by atoms with E-state index >= 15 is 0 Å². The van der Waals surface area contributed by atoms with Crippen molar-refractivity contribution in [2.75, 3.05) is 18.2 Å². The second-order valence-corrected chi connectivity index (χ2v) is 4.55. The summed E-state index contributed by atoms with van der Waals surface area (Å²) in [7, 11) is 1.56. The SMILES string of the molecule is COc1cc(NC(=O)Cn2cnc(N)n2)ccc1Br. The molecule has 1 aromatic heterocycles. The van der Waals surface area contributed by atoms with Crippen molar-refractivity contribution in [2.24, 2.45) is 0 Å². The summed E-state index contributed by atoms with van der Waals surface area (Å²) >= 11 is 3.34. The number of hydrogen-bond acceptors (Lipinski definition) is 5. The summed E-state index contributed by atoms with van der Waals surface area (Å²) in [6, 6.07) is 5.28. The minimum absolute atomic E-state index is 0.0442. The largest absolute Gasteiger partial charge is 0.495 e. The Hall–Kier alpha value is -2.09. The number of carbonyl (C=O) groups excluding carboxylic acids is 1. The number of nitrogen functional groups attached to an aromatic ring is 1. The molecule has 1 aromatic carbocycles. The Bertz CT molecular complexity index is 599. The molecular weight excluding hydrogens is 314 g/mol. The molecule has 0 aliphatic rings. The second-order valence-electron chi connectivity index (χ2n) is 3.70. The highest BCUT2D eigenvalue weighted by atomic mass is 79.9. The Morgan fingerprint density at radius 3 is 3.00 bits per heavy atom. The fourth-order valence-electron chi connectivity index (χ4n) is 1.47. The highest BCUT2D eigenvalue weighted by molar-refractivity contribution is 9.10. The van der Waals surface area contributed by atoms with Gasteiger partial charge in [-0.25, -0.2) is 9.67 Å². The van der Waals surface area contributed by atoms with E-state index in [0.717, 1.165) is 4.47 Å². The number of anilines is 2. The van der Waals surface area contributed by atoms with Gasteiger partial charge < -0.3 is 15.8 Å². The van der Waals surface area contributed by atoms with Crippen molar-refractivity contribution in [1.29, 1.82) is 0 Å². The maximum Gasteiger partial charge on any atom is 0.246 e. The van der Waals surface area contributed by atoms with Crippen LogP contribution in [0.3, 0.4) is 0 Å². The van der Waals surface area contributed by atoms with Gasteiger partial charge in [-0.3, -0.25) is 4.79 Å². The van der Waals surface area contributed by atoms with Gasteiger partial charge in [0.25, 0.3) is 0 Å². The number of ether oxygens (including phenoxy) is 1. The van der Waals surface area contributed by atoms with E-state index in [-0.39, 0.29) is 18.4 Å². The first-order chi connectivity index (χ1) is 9.08. The lowest BCUT2D eigenvalue weighted by Crippen LogP contribution is -2.19. The Morgan fingerprint density at radius 2 is 2.37 bits per heavy atom. The quantitative estimate of drug-likeness (QED) is 0.882. The number of benzene rings is 1. The van der Waals surface area contributed by atoms with E-state index in [1.807, 2.05) is 0 Å². The normalized spacial score (nSPS) is 10.2. The number of halogens is 1. The highest BCUT2D eigenvalue weighted by Crippen LogP contribution is 2.27. The van der Waals surface area contributed by atoms with Crippen molar-refractivity contribution in [1.82, 2.24) is 14.8 Å². The molecule has 19 heavy (non-hydrogen) atoms. The topological polar surface area (TPSA) is 95.1 Å². The van der Waals surface area contributed by atoms with E-state index in [9.17, 15) is 4.79 Å². The highest BCUT2D eigenvalue weighted by Gasteiger charge is 2.07. The first-order valence-electron chi connectivity index (χ1n) is 5.37. The minimum atomic E-state index is -0.228. The molecule has 3 N–H and O–H groups in total. The Balaban J connectivity index is 2.02. The van der Waals surface area contributed by atoms with Crippen LogP contribution in [0.4, 0.5) is 11.6 Å². The zero-order valence-electron chi connectivity index (χ0n) is 10.1. The molecule has 2 rings (SSSR count). The average molecular weight is 326 g/mol. The Morgan fingerprint density at radius 1 is 1.58 bits per heavy atom. The smallest absolute Gasteiger partial charge is 0.246 e. The number of aromatic nitrogens is 3. The third kappa shape index (κ3) is 3.44. The average Bonchev–Trinajstić information content (AvgIpc) is 2.77. The third-order valence-corrected chi connectivity index (χ3v) is 2.95. The van der Waals surface area contributed by atoms with Gasteiger partial charge in [-0.15, -0.1) is 5.10 Å². The lowest BCUT2D eigenvalue weighted by molar-refractivity contribution is -0.116. The summed E-state index contributed by atoms with van der Waals surface area (Å²) in [5.74, 6) is 0.551. The molecule has 0 spiro atoms. The zero-order valence-corrected chi connectivity index (χ0v) is 11.7. The van der Waals surface area contributed by atoms with Crippen molar-refractivity contribution in [3.05, 3.63) is 29.0 Å². The monoisotopic (exact) mass is 325 g/mol. The van der Waals surface area contributed by atoms with Crippen LogP contribution in [0.5, 0.6) is 5.75 Å². The molecule has 0 aliphatic heterocycles. The summed E-state index contributed by atoms with van der Waals surface area (Å²) < 4.78 is 7.33. The van der Waals surface area contributed by atoms with Gasteiger partial charge in [0.2, 0.25) is 11.9 Å². The Kier molecular flexibility index (Phi) is 4.00. The molecule has 0 saturated heterocycles. The predicted octanol–water partition coefficient (Wildman–Crippen LogP) is 1.27. The molecule has 0 bridgehead atoms. The summed E-state index contributed by atoms with van der Waals surface area (Å²) in [6.07, 6.45) is 1.40. The summed E-state index contributed by atoms with van der Waals surface area (Å²) in [5, 5.41) is 6.56. The first kappa shape index (κ1) is 13.3. The molecule has 0 unspecified atom stereocenters. The fraction of sp³-hybridized carbons (Fsp3) is 0.182. The molecule has 2 aromatic rings. The van der Waals surface area contributed by atoms with Crippen LogP contribution in [-0.4, -0.2) is 27.8 Å². The molecule has 0 atom stereocenters. The van der Waals surface area contributed by atoms with Crippen molar-refractivity contribution in [2.45, 2.75) is 6.54 Å². The molecule has 1 heterocycles. The van der Waals surface area contributed by atoms with Crippen LogP contribution in [0, 0.1) is 0 Å². The van der Waals surface area contributed by atoms with E-state index < -0.39 is 0 Å². The van der Waals surface area contributed by atoms with E-state index in [4.69, 9.17) is 10.5 Å². The van der Waals surface area contributed by atoms with Crippen LogP contribution in [0.1, 0.15) is 0 Å². The number of hydrogen-bond donors (Lipinski definition) is 2. The van der Waals surface area contributed by atoms with Gasteiger partial charge in [0.1, 0.15) is 18.6 Å². The van der Waals surface area contributed by atoms with Crippen molar-refractivity contribution in [3.8, 4) is 5.75 Å². The van der Waals surface area contributed by atoms with Gasteiger partial charge in [0.05, 0.1) is 11.6 Å². The second kappa shape index (κ2) is 5.70. The Labute approximate surface area is 117 Å². The number of nitrogens with zero attached hydrogens (tertiary/aromatic N) is 3. The minimum Gasteiger partial charge on any atom is -0.495 e. The van der Waals surface area contributed by atoms with Crippen molar-refractivity contribution < 1.29 is 9.53 Å². The molecule has 7 nitrogen and oxygen atoms in total. The number of rotatable bonds is 4. The molecule has 1 amide bonds. The van der Waals surface area contributed by atoms with Crippen LogP contribution >= 0.6 is 15.9 Å². The van der Waals surface area contributed by atoms with Gasteiger partial charge in [-0.2, -0.15) is 0 Å². The van der Waals surface area contributed by atoms with E-state index in [2.05, 4.69) is 31.3 Å². The van der Waals surface area contributed by atoms with E-state index in [1.54, 1.807) is 25.3 Å². The first-order valence-corrected chi connectivity index (χ1v) is 6.16. The predicted molar refractivity (Wildman–Crippen MR) is 73.8 cm³/mol. The maximum atomic E-state index is 11.8. The molecule has 0 aliphatic carbocycles. The molecule has 8 heteroatoms. The van der Waals surface area contributed by atoms with Crippen molar-refractivity contribution in [3.63, 3.8) is 0 Å². The lowest BCUT2D eigenvalue weighted by atomic mass is 10.3. The fourth-order valence-corrected chi connectivity index (χ4v) is 1.88. The van der Waals surface area contributed by atoms with Crippen LogP contribution in [0.15, 0.2) is 29.0 Å². The van der Waals surface area contributed by atoms with Gasteiger partial charge in [0.15, 0.2) is 0 Å². The van der Waals surface area contributed by atoms with E-state index in [0.29, 0.717) is 11.4 Å². The maximum absolute atomic E-state index is 11.8. The zero-order chi connectivity index (χ0) is 13.8. The van der Waals surface area contributed by atoms with Crippen molar-refractivity contribution >= 4 is 33.5 Å². The van der Waals surface area contributed by atoms with Gasteiger partial charge in [-0.1, -0.05) is 0 Å². The third-order valence-electron chi connectivity index (χ3n) is 2.29. The number of carbonyl (C=O) groups is 1. The van der Waals surface area contributed by atoms with E-state index in [1.165, 1.54) is 11.0 Å². The van der Waals surface area contributed by atoms with Crippen LogP contribution < -0.4 is 15.8 Å². The van der Waals surface area contributed by atoms with Crippen LogP contribution in [0.25, 0.3) is 0 Å². The molecule has 0 saturated carbocycles. The van der Waals surface area contributed by atoms with Gasteiger partial charge in [-0.05, 0) is 28.1 Å². The molecule has 0 fully saturated rings. The van der Waals surface area contributed by atoms with Crippen LogP contribution in [0.2, 0.25) is 0 Å². The molecule has 0 radical (unpaired) electrons. The molecular formula is C11H12BrN5O2. The van der Waals surface area contributed by atoms with Gasteiger partial charge >= 0.3 is 0 Å². The number of methoxy groups -OCH3 is 1. The lowest BCUT2D eigenvalue weighted by Gasteiger charge is -2.08. The number of nitrogens with one attached hydrogen (secondary N) is 1. The molecule has 100 valence electrons. The standard InChI is InChI=1S/C11H12BrN5O2/c1-19-9-4-7(2-3-8(9)12)15-10(18)5-17-6-14-11(13)16-17/h2-4,6H,5H2,1H3,(H2,13,16)(H,15,18). The number of nitrogens with two attached hydrogens (primary N) is 1. The summed E-state index contributed by atoms with van der Waals surface area (Å²) in [5.41, 5.74) is 6.00. The van der Waals surface area contributed by atoms with Gasteiger partial charge in [0, 0.05) is 11.8 Å². The summed E-state index contributed by atoms with van der Waals surface area (Å²) in [4.78, 5) is 15.5. The summed E-state index contributed by atoms with van der Waals surface area (Å²) in [6.45, 7) is 0.0442. The van der Waals surface area contributed by atoms with Crippen LogP contribution in [-0.2, 0) is 11.3 Å². The number of amides is 1.